The van der Waals surface area contributed by atoms with Gasteiger partial charge in [-0.2, -0.15) is 13.2 Å². The number of aliphatic hydroxyl groups excluding tert-OH is 1. The summed E-state index contributed by atoms with van der Waals surface area (Å²) in [6.07, 6.45) is -7.50. The van der Waals surface area contributed by atoms with E-state index < -0.39 is 59.1 Å². The monoisotopic (exact) mass is 659 g/mol. The lowest BCUT2D eigenvalue weighted by Gasteiger charge is -2.41. The summed E-state index contributed by atoms with van der Waals surface area (Å²) in [7, 11) is -3.49. The minimum atomic E-state index is -4.85. The van der Waals surface area contributed by atoms with Gasteiger partial charge in [-0.3, -0.25) is 14.5 Å². The zero-order valence-corrected chi connectivity index (χ0v) is 24.8. The number of hydrogen-bond acceptors (Lipinski definition) is 7. The molecular weight excluding hydrogens is 628 g/mol. The quantitative estimate of drug-likeness (QED) is 0.271. The van der Waals surface area contributed by atoms with Crippen LogP contribution in [0, 0.1) is 0 Å². The average Bonchev–Trinajstić information content (AvgIpc) is 3.02. The van der Waals surface area contributed by atoms with E-state index in [1.807, 2.05) is 0 Å². The molecule has 0 saturated carbocycles. The van der Waals surface area contributed by atoms with Gasteiger partial charge in [0.15, 0.2) is 9.84 Å². The second-order valence-corrected chi connectivity index (χ2v) is 12.8. The van der Waals surface area contributed by atoms with E-state index in [1.54, 1.807) is 17.0 Å². The summed E-state index contributed by atoms with van der Waals surface area (Å²) >= 11 is 0. The van der Waals surface area contributed by atoms with Gasteiger partial charge in [0.2, 0.25) is 0 Å². The molecule has 2 heterocycles. The van der Waals surface area contributed by atoms with Gasteiger partial charge in [-0.15, -0.1) is 13.2 Å². The normalized spacial score (nSPS) is 18.4. The maximum atomic E-state index is 13.0. The molecule has 45 heavy (non-hydrogen) atoms. The van der Waals surface area contributed by atoms with Crippen molar-refractivity contribution >= 4 is 21.4 Å². The first kappa shape index (κ1) is 34.2. The lowest BCUT2D eigenvalue weighted by Crippen LogP contribution is -2.46. The number of aromatic nitrogens is 1. The number of benzene rings is 2. The Balaban J connectivity index is 1.50. The molecule has 2 N–H and O–H groups in total. The van der Waals surface area contributed by atoms with Gasteiger partial charge in [-0.25, -0.2) is 8.42 Å². The maximum Gasteiger partial charge on any atom is 0.522 e. The number of carbonyl (C=O) groups is 1. The Morgan fingerprint density at radius 2 is 1.69 bits per heavy atom. The fourth-order valence-corrected chi connectivity index (χ4v) is 5.95. The summed E-state index contributed by atoms with van der Waals surface area (Å²) in [5.74, 6) is -0.979. The number of aliphatic hydroxyl groups is 1. The number of hydrogen-bond donors (Lipinski definition) is 2. The molecule has 15 heteroatoms. The fraction of sp³-hybridized carbons (Fsp3) is 0.400. The third-order valence-corrected chi connectivity index (χ3v) is 9.38. The van der Waals surface area contributed by atoms with Crippen molar-refractivity contribution in [2.75, 3.05) is 30.4 Å². The summed E-state index contributed by atoms with van der Waals surface area (Å²) in [6.45, 7) is 0.501. The van der Waals surface area contributed by atoms with Gasteiger partial charge in [-0.05, 0) is 66.9 Å². The number of halogens is 6. The van der Waals surface area contributed by atoms with E-state index in [9.17, 15) is 44.7 Å². The van der Waals surface area contributed by atoms with E-state index in [1.165, 1.54) is 43.3 Å². The zero-order valence-electron chi connectivity index (χ0n) is 24.0. The highest BCUT2D eigenvalue weighted by molar-refractivity contribution is 7.91. The number of pyridine rings is 1. The summed E-state index contributed by atoms with van der Waals surface area (Å²) < 4.78 is 106. The van der Waals surface area contributed by atoms with E-state index >= 15 is 0 Å². The summed E-state index contributed by atoms with van der Waals surface area (Å²) in [4.78, 5) is 18.7. The molecule has 4 rings (SSSR count). The Morgan fingerprint density at radius 3 is 2.22 bits per heavy atom. The Kier molecular flexibility index (Phi) is 10.4. The number of carbonyl (C=O) groups excluding carboxylic acids is 1. The largest absolute Gasteiger partial charge is 0.522 e. The van der Waals surface area contributed by atoms with E-state index in [0.717, 1.165) is 18.3 Å². The highest BCUT2D eigenvalue weighted by Gasteiger charge is 2.36. The van der Waals surface area contributed by atoms with Crippen LogP contribution in [-0.4, -0.2) is 62.3 Å². The predicted molar refractivity (Wildman–Crippen MR) is 152 cm³/mol. The number of rotatable bonds is 10. The Labute approximate surface area is 256 Å². The van der Waals surface area contributed by atoms with Gasteiger partial charge < -0.3 is 15.3 Å². The van der Waals surface area contributed by atoms with E-state index in [-0.39, 0.29) is 40.8 Å². The summed E-state index contributed by atoms with van der Waals surface area (Å²) in [5, 5.41) is 12.5. The third-order valence-electron chi connectivity index (χ3n) is 7.66. The third kappa shape index (κ3) is 8.73. The molecule has 1 amide bonds. The maximum absolute atomic E-state index is 13.0. The Hall–Kier alpha value is -3.69. The molecule has 1 aliphatic heterocycles. The molecule has 0 radical (unpaired) electrons. The second kappa shape index (κ2) is 13.7. The van der Waals surface area contributed by atoms with Crippen molar-refractivity contribution in [2.45, 2.75) is 55.2 Å². The van der Waals surface area contributed by atoms with Crippen LogP contribution in [0.15, 0.2) is 71.8 Å². The number of nitrogens with zero attached hydrogens (tertiary/aromatic N) is 2. The first-order valence-electron chi connectivity index (χ1n) is 14.0. The molecule has 1 saturated heterocycles. The minimum absolute atomic E-state index is 0.00423. The summed E-state index contributed by atoms with van der Waals surface area (Å²) in [6, 6.07) is 11.8. The molecule has 3 atom stereocenters. The molecule has 1 fully saturated rings. The van der Waals surface area contributed by atoms with Crippen molar-refractivity contribution < 1.29 is 49.4 Å². The first-order chi connectivity index (χ1) is 21.1. The van der Waals surface area contributed by atoms with Crippen LogP contribution in [0.1, 0.15) is 58.9 Å². The molecule has 0 bridgehead atoms. The van der Waals surface area contributed by atoms with Gasteiger partial charge in [0, 0.05) is 29.9 Å². The SMILES string of the molecule is CCS(=O)(=O)c1ccc([C@H](CO)NC(=O)c2ccc(N3CC(c4ccc(C(F)(F)F)cc4)CC[C@H]3COC(F)(F)F)cc2)nc1. The highest BCUT2D eigenvalue weighted by atomic mass is 32.2. The van der Waals surface area contributed by atoms with E-state index in [0.29, 0.717) is 17.7 Å². The van der Waals surface area contributed by atoms with Crippen molar-refractivity contribution in [3.8, 4) is 0 Å². The van der Waals surface area contributed by atoms with Crippen LogP contribution in [0.5, 0.6) is 0 Å². The molecule has 3 aromatic rings. The number of sulfone groups is 1. The molecule has 0 spiro atoms. The molecular formula is C30H31F6N3O5S. The van der Waals surface area contributed by atoms with Crippen molar-refractivity contribution in [3.05, 3.63) is 89.2 Å². The molecule has 2 aromatic carbocycles. The molecule has 8 nitrogen and oxygen atoms in total. The van der Waals surface area contributed by atoms with Gasteiger partial charge >= 0.3 is 12.5 Å². The number of anilines is 1. The van der Waals surface area contributed by atoms with Crippen LogP contribution < -0.4 is 10.2 Å². The van der Waals surface area contributed by atoms with Crippen molar-refractivity contribution in [1.29, 1.82) is 0 Å². The van der Waals surface area contributed by atoms with Gasteiger partial charge in [-0.1, -0.05) is 19.1 Å². The van der Waals surface area contributed by atoms with Crippen LogP contribution >= 0.6 is 0 Å². The minimum Gasteiger partial charge on any atom is -0.394 e. The zero-order chi connectivity index (χ0) is 33.0. The van der Waals surface area contributed by atoms with Crippen LogP contribution in [-0.2, 0) is 20.8 Å². The number of nitrogens with one attached hydrogen (secondary N) is 1. The lowest BCUT2D eigenvalue weighted by molar-refractivity contribution is -0.326. The molecule has 244 valence electrons. The van der Waals surface area contributed by atoms with Crippen molar-refractivity contribution in [1.82, 2.24) is 10.3 Å². The molecule has 1 aliphatic rings. The highest BCUT2D eigenvalue weighted by Crippen LogP contribution is 2.36. The van der Waals surface area contributed by atoms with Gasteiger partial charge in [0.1, 0.15) is 0 Å². The number of amides is 1. The first-order valence-corrected chi connectivity index (χ1v) is 15.6. The second-order valence-electron chi connectivity index (χ2n) is 10.5. The van der Waals surface area contributed by atoms with Crippen molar-refractivity contribution in [3.63, 3.8) is 0 Å². The smallest absolute Gasteiger partial charge is 0.394 e. The van der Waals surface area contributed by atoms with Crippen LogP contribution in [0.25, 0.3) is 0 Å². The standard InChI is InChI=1S/C30H31F6N3O5S/c1-2-45(42,43)25-13-14-26(37-15-25)27(17-40)38-28(41)20-5-10-23(11-6-20)39-16-21(7-12-24(39)18-44-30(34,35)36)19-3-8-22(9-4-19)29(31,32)33/h3-6,8-11,13-15,21,24,27,40H,2,7,12,16-18H2,1H3,(H,38,41)/t21?,24-,27-/m0/s1. The molecule has 1 unspecified atom stereocenters. The van der Waals surface area contributed by atoms with Gasteiger partial charge in [0.05, 0.1) is 47.2 Å². The number of piperidine rings is 1. The average molecular weight is 660 g/mol. The Morgan fingerprint density at radius 1 is 1.02 bits per heavy atom. The van der Waals surface area contributed by atoms with Crippen LogP contribution in [0.3, 0.4) is 0 Å². The van der Waals surface area contributed by atoms with E-state index in [4.69, 9.17) is 0 Å². The van der Waals surface area contributed by atoms with E-state index in [2.05, 4.69) is 15.0 Å². The molecule has 1 aromatic heterocycles. The lowest BCUT2D eigenvalue weighted by atomic mass is 9.86. The predicted octanol–water partition coefficient (Wildman–Crippen LogP) is 5.65. The fourth-order valence-electron chi connectivity index (χ4n) is 5.13. The van der Waals surface area contributed by atoms with Crippen LogP contribution in [0.2, 0.25) is 0 Å². The molecule has 0 aliphatic carbocycles. The number of ether oxygens (including phenoxy) is 1. The van der Waals surface area contributed by atoms with Crippen LogP contribution in [0.4, 0.5) is 32.0 Å². The van der Waals surface area contributed by atoms with Crippen molar-refractivity contribution in [2.24, 2.45) is 0 Å². The summed E-state index contributed by atoms with van der Waals surface area (Å²) in [5.41, 5.74) is 0.689. The topological polar surface area (TPSA) is 109 Å². The Bertz CT molecular complexity index is 1550. The van der Waals surface area contributed by atoms with Gasteiger partial charge in [0.25, 0.3) is 5.91 Å². The number of alkyl halides is 6.